The molecule has 1 amide bonds. The zero-order chi connectivity index (χ0) is 21.6. The number of imidazole rings is 1. The van der Waals surface area contributed by atoms with Gasteiger partial charge in [-0.15, -0.1) is 4.83 Å². The number of nitrogens with one attached hydrogen (secondary N) is 3. The van der Waals surface area contributed by atoms with Crippen LogP contribution in [-0.2, 0) is 10.0 Å². The summed E-state index contributed by atoms with van der Waals surface area (Å²) >= 11 is 0. The summed E-state index contributed by atoms with van der Waals surface area (Å²) in [6.07, 6.45) is -0.866. The molecule has 0 aliphatic carbocycles. The van der Waals surface area contributed by atoms with Crippen LogP contribution < -0.4 is 10.1 Å². The molecule has 1 aliphatic heterocycles. The number of anilines is 1. The molecule has 0 bridgehead atoms. The number of rotatable bonds is 4. The Kier molecular flexibility index (Phi) is 4.49. The number of hydrogen-bond acceptors (Lipinski definition) is 5. The standard InChI is InChI=1S/C22H19N5O3S/c1-14-10-12-15(13-11-14)31(29,30)26-27-21(20-23-18-8-4-5-9-19(18)24-20)25-17-7-3-2-6-16(17)22(27)28/h2-13,21,25-26H,1H3,(H,23,24)/t21-/m1/s1. The third kappa shape index (κ3) is 3.43. The number of aryl methyl sites for hydroxylation is 1. The Hall–Kier alpha value is -3.69. The third-order valence-corrected chi connectivity index (χ3v) is 6.47. The van der Waals surface area contributed by atoms with Gasteiger partial charge < -0.3 is 10.3 Å². The van der Waals surface area contributed by atoms with Gasteiger partial charge in [-0.1, -0.05) is 42.0 Å². The van der Waals surface area contributed by atoms with E-state index in [-0.39, 0.29) is 4.90 Å². The molecule has 2 heterocycles. The van der Waals surface area contributed by atoms with Gasteiger partial charge in [0.05, 0.1) is 21.5 Å². The number of sulfonamides is 1. The van der Waals surface area contributed by atoms with Crippen LogP contribution in [0.25, 0.3) is 11.0 Å². The predicted octanol–water partition coefficient (Wildman–Crippen LogP) is 3.33. The average molecular weight is 433 g/mol. The Labute approximate surface area is 178 Å². The highest BCUT2D eigenvalue weighted by Crippen LogP contribution is 2.32. The summed E-state index contributed by atoms with van der Waals surface area (Å²) < 4.78 is 26.1. The van der Waals surface area contributed by atoms with Gasteiger partial charge in [-0.2, -0.15) is 0 Å². The SMILES string of the molecule is Cc1ccc(S(=O)(=O)NN2C(=O)c3ccccc3N[C@H]2c2nc3ccccc3[nH]2)cc1. The first-order valence-corrected chi connectivity index (χ1v) is 11.1. The molecular weight excluding hydrogens is 414 g/mol. The van der Waals surface area contributed by atoms with E-state index >= 15 is 0 Å². The Morgan fingerprint density at radius 1 is 0.968 bits per heavy atom. The van der Waals surface area contributed by atoms with Crippen LogP contribution in [0.1, 0.15) is 27.9 Å². The smallest absolute Gasteiger partial charge is 0.273 e. The molecule has 1 aromatic heterocycles. The van der Waals surface area contributed by atoms with Crippen molar-refractivity contribution in [3.8, 4) is 0 Å². The summed E-state index contributed by atoms with van der Waals surface area (Å²) in [5, 5.41) is 4.29. The van der Waals surface area contributed by atoms with Gasteiger partial charge in [0, 0.05) is 5.69 Å². The number of hydrazine groups is 1. The third-order valence-electron chi connectivity index (χ3n) is 5.14. The van der Waals surface area contributed by atoms with E-state index in [4.69, 9.17) is 0 Å². The minimum atomic E-state index is -4.01. The number of hydrogen-bond donors (Lipinski definition) is 3. The molecular formula is C22H19N5O3S. The molecule has 0 saturated heterocycles. The van der Waals surface area contributed by atoms with Crippen LogP contribution in [0.3, 0.4) is 0 Å². The molecule has 0 unspecified atom stereocenters. The summed E-state index contributed by atoms with van der Waals surface area (Å²) in [5.74, 6) is -0.0637. The quantitative estimate of drug-likeness (QED) is 0.458. The van der Waals surface area contributed by atoms with Gasteiger partial charge in [-0.25, -0.2) is 18.4 Å². The van der Waals surface area contributed by atoms with Gasteiger partial charge >= 0.3 is 0 Å². The Morgan fingerprint density at radius 2 is 1.68 bits per heavy atom. The fraction of sp³-hybridized carbons (Fsp3) is 0.0909. The van der Waals surface area contributed by atoms with Crippen LogP contribution in [0, 0.1) is 6.92 Å². The summed E-state index contributed by atoms with van der Waals surface area (Å²) in [4.78, 5) is 23.5. The zero-order valence-corrected chi connectivity index (χ0v) is 17.3. The molecule has 1 aliphatic rings. The largest absolute Gasteiger partial charge is 0.357 e. The zero-order valence-electron chi connectivity index (χ0n) is 16.5. The number of aromatic nitrogens is 2. The second-order valence-electron chi connectivity index (χ2n) is 7.31. The molecule has 0 spiro atoms. The van der Waals surface area contributed by atoms with Crippen molar-refractivity contribution in [2.24, 2.45) is 0 Å². The number of fused-ring (bicyclic) bond motifs is 2. The molecule has 5 rings (SSSR count). The van der Waals surface area contributed by atoms with Crippen LogP contribution in [0.5, 0.6) is 0 Å². The monoisotopic (exact) mass is 433 g/mol. The molecule has 31 heavy (non-hydrogen) atoms. The van der Waals surface area contributed by atoms with Gasteiger partial charge in [-0.05, 0) is 43.3 Å². The first-order valence-electron chi connectivity index (χ1n) is 9.65. The number of benzene rings is 3. The number of amides is 1. The van der Waals surface area contributed by atoms with E-state index in [0.29, 0.717) is 22.6 Å². The second-order valence-corrected chi connectivity index (χ2v) is 8.98. The van der Waals surface area contributed by atoms with Gasteiger partial charge in [0.15, 0.2) is 12.0 Å². The van der Waals surface area contributed by atoms with Crippen molar-refractivity contribution in [1.29, 1.82) is 0 Å². The first-order chi connectivity index (χ1) is 14.9. The van der Waals surface area contributed by atoms with Crippen molar-refractivity contribution < 1.29 is 13.2 Å². The minimum Gasteiger partial charge on any atom is -0.357 e. The normalized spacial score (nSPS) is 16.2. The molecule has 4 aromatic rings. The highest BCUT2D eigenvalue weighted by Gasteiger charge is 2.37. The van der Waals surface area contributed by atoms with Crippen molar-refractivity contribution in [1.82, 2.24) is 19.8 Å². The molecule has 0 fully saturated rings. The summed E-state index contributed by atoms with van der Waals surface area (Å²) in [6, 6.07) is 20.8. The average Bonchev–Trinajstić information content (AvgIpc) is 3.20. The van der Waals surface area contributed by atoms with Crippen LogP contribution >= 0.6 is 0 Å². The number of nitrogens with zero attached hydrogens (tertiary/aromatic N) is 2. The lowest BCUT2D eigenvalue weighted by atomic mass is 10.1. The van der Waals surface area contributed by atoms with Crippen LogP contribution in [0.4, 0.5) is 5.69 Å². The van der Waals surface area contributed by atoms with Crippen LogP contribution in [0.15, 0.2) is 77.7 Å². The van der Waals surface area contributed by atoms with Crippen molar-refractivity contribution in [2.75, 3.05) is 5.32 Å². The molecule has 1 atom stereocenters. The molecule has 3 N–H and O–H groups in total. The van der Waals surface area contributed by atoms with E-state index < -0.39 is 22.1 Å². The second kappa shape index (κ2) is 7.22. The predicted molar refractivity (Wildman–Crippen MR) is 117 cm³/mol. The number of H-pyrrole nitrogens is 1. The topological polar surface area (TPSA) is 107 Å². The van der Waals surface area contributed by atoms with E-state index in [9.17, 15) is 13.2 Å². The van der Waals surface area contributed by atoms with E-state index in [2.05, 4.69) is 20.1 Å². The number of carbonyl (C=O) groups excluding carboxylic acids is 1. The van der Waals surface area contributed by atoms with Crippen LogP contribution in [-0.4, -0.2) is 29.3 Å². The van der Waals surface area contributed by atoms with Crippen molar-refractivity contribution >= 4 is 32.7 Å². The minimum absolute atomic E-state index is 0.0631. The van der Waals surface area contributed by atoms with E-state index in [1.54, 1.807) is 36.4 Å². The van der Waals surface area contributed by atoms with Crippen molar-refractivity contribution in [3.05, 3.63) is 89.7 Å². The lowest BCUT2D eigenvalue weighted by Crippen LogP contribution is -2.53. The lowest BCUT2D eigenvalue weighted by Gasteiger charge is -2.36. The number of aromatic amines is 1. The highest BCUT2D eigenvalue weighted by molar-refractivity contribution is 7.89. The molecule has 0 radical (unpaired) electrons. The maximum absolute atomic E-state index is 13.3. The number of para-hydroxylation sites is 3. The first kappa shape index (κ1) is 19.3. The van der Waals surface area contributed by atoms with Gasteiger partial charge in [0.25, 0.3) is 15.9 Å². The maximum Gasteiger partial charge on any atom is 0.273 e. The Bertz CT molecular complexity index is 1360. The van der Waals surface area contributed by atoms with E-state index in [1.807, 2.05) is 31.2 Å². The summed E-state index contributed by atoms with van der Waals surface area (Å²) in [7, 11) is -4.01. The van der Waals surface area contributed by atoms with E-state index in [1.165, 1.54) is 12.1 Å². The van der Waals surface area contributed by atoms with Crippen LogP contribution in [0.2, 0.25) is 0 Å². The fourth-order valence-electron chi connectivity index (χ4n) is 3.54. The summed E-state index contributed by atoms with van der Waals surface area (Å²) in [5.41, 5.74) is 3.40. The van der Waals surface area contributed by atoms with E-state index in [0.717, 1.165) is 16.1 Å². The molecule has 8 nitrogen and oxygen atoms in total. The Morgan fingerprint density at radius 3 is 2.45 bits per heavy atom. The lowest BCUT2D eigenvalue weighted by molar-refractivity contribution is 0.0625. The van der Waals surface area contributed by atoms with Crippen molar-refractivity contribution in [3.63, 3.8) is 0 Å². The fourth-order valence-corrected chi connectivity index (χ4v) is 4.59. The van der Waals surface area contributed by atoms with Crippen molar-refractivity contribution in [2.45, 2.75) is 18.0 Å². The Balaban J connectivity index is 1.59. The molecule has 9 heteroatoms. The van der Waals surface area contributed by atoms with Gasteiger partial charge in [-0.3, -0.25) is 4.79 Å². The van der Waals surface area contributed by atoms with Gasteiger partial charge in [0.2, 0.25) is 0 Å². The molecule has 0 saturated carbocycles. The van der Waals surface area contributed by atoms with Gasteiger partial charge in [0.1, 0.15) is 0 Å². The number of carbonyl (C=O) groups is 1. The molecule has 156 valence electrons. The summed E-state index contributed by atoms with van der Waals surface area (Å²) in [6.45, 7) is 1.87. The molecule has 3 aromatic carbocycles. The maximum atomic E-state index is 13.3. The highest BCUT2D eigenvalue weighted by atomic mass is 32.2.